The Morgan fingerprint density at radius 2 is 1.70 bits per heavy atom. The Morgan fingerprint density at radius 3 is 2.26 bits per heavy atom. The number of carbonyl (C=O) groups excluding carboxylic acids is 4. The van der Waals surface area contributed by atoms with Crippen LogP contribution in [0.1, 0.15) is 49.5 Å². The molecular weight excluding hydrogens is 346 g/mol. The Labute approximate surface area is 158 Å². The number of rotatable bonds is 3. The zero-order valence-electron chi connectivity index (χ0n) is 16.2. The zero-order valence-corrected chi connectivity index (χ0v) is 16.2. The maximum absolute atomic E-state index is 13.1. The lowest BCUT2D eigenvalue weighted by Crippen LogP contribution is -2.41. The van der Waals surface area contributed by atoms with Gasteiger partial charge in [0, 0.05) is 12.8 Å². The summed E-state index contributed by atoms with van der Waals surface area (Å²) in [4.78, 5) is 50.9. The van der Waals surface area contributed by atoms with E-state index in [1.165, 1.54) is 12.0 Å². The van der Waals surface area contributed by atoms with Gasteiger partial charge in [-0.2, -0.15) is 0 Å². The smallest absolute Gasteiger partial charge is 0.337 e. The summed E-state index contributed by atoms with van der Waals surface area (Å²) in [6, 6.07) is 6.64. The number of Topliss-reactive ketones (excluding diaryl/α,β-unsaturated/α-hetero) is 1. The van der Waals surface area contributed by atoms with Crippen molar-refractivity contribution in [1.29, 1.82) is 0 Å². The van der Waals surface area contributed by atoms with Gasteiger partial charge in [0.15, 0.2) is 0 Å². The number of ether oxygens (including phenoxy) is 1. The molecule has 0 aromatic heterocycles. The number of carbonyl (C=O) groups is 4. The van der Waals surface area contributed by atoms with E-state index in [1.807, 2.05) is 20.8 Å². The van der Waals surface area contributed by atoms with E-state index in [-0.39, 0.29) is 41.9 Å². The van der Waals surface area contributed by atoms with Gasteiger partial charge >= 0.3 is 5.97 Å². The van der Waals surface area contributed by atoms with Gasteiger partial charge in [0.2, 0.25) is 11.8 Å². The van der Waals surface area contributed by atoms with Gasteiger partial charge in [-0.3, -0.25) is 19.3 Å². The second kappa shape index (κ2) is 6.91. The quantitative estimate of drug-likeness (QED) is 0.603. The molecule has 3 rings (SSSR count). The molecule has 1 aromatic carbocycles. The van der Waals surface area contributed by atoms with Gasteiger partial charge in [0.05, 0.1) is 31.1 Å². The van der Waals surface area contributed by atoms with Crippen molar-refractivity contribution in [3.63, 3.8) is 0 Å². The van der Waals surface area contributed by atoms with Crippen LogP contribution < -0.4 is 0 Å². The summed E-state index contributed by atoms with van der Waals surface area (Å²) in [6.07, 6.45) is 0.505. The van der Waals surface area contributed by atoms with E-state index >= 15 is 0 Å². The van der Waals surface area contributed by atoms with Crippen molar-refractivity contribution in [3.05, 3.63) is 35.4 Å². The molecule has 0 N–H and O–H groups in total. The van der Waals surface area contributed by atoms with Crippen molar-refractivity contribution in [2.75, 3.05) is 7.11 Å². The minimum Gasteiger partial charge on any atom is -0.465 e. The van der Waals surface area contributed by atoms with E-state index in [2.05, 4.69) is 4.74 Å². The predicted octanol–water partition coefficient (Wildman–Crippen LogP) is 2.60. The second-order valence-electron chi connectivity index (χ2n) is 8.50. The number of benzene rings is 1. The first-order chi connectivity index (χ1) is 12.6. The Kier molecular flexibility index (Phi) is 4.93. The van der Waals surface area contributed by atoms with E-state index in [0.29, 0.717) is 12.0 Å². The zero-order chi connectivity index (χ0) is 19.9. The minimum absolute atomic E-state index is 0.0570. The molecule has 3 atom stereocenters. The molecular formula is C21H25NO5. The topological polar surface area (TPSA) is 80.8 Å². The first kappa shape index (κ1) is 19.3. The number of esters is 1. The first-order valence-electron chi connectivity index (χ1n) is 9.17. The molecule has 1 saturated carbocycles. The maximum atomic E-state index is 13.1. The third-order valence-corrected chi connectivity index (χ3v) is 5.72. The fourth-order valence-corrected chi connectivity index (χ4v) is 4.23. The molecule has 1 aliphatic heterocycles. The van der Waals surface area contributed by atoms with E-state index < -0.39 is 17.8 Å². The highest BCUT2D eigenvalue weighted by molar-refractivity contribution is 6.07. The van der Waals surface area contributed by atoms with E-state index in [1.54, 1.807) is 24.3 Å². The molecule has 1 unspecified atom stereocenters. The molecule has 144 valence electrons. The molecule has 1 aromatic rings. The lowest BCUT2D eigenvalue weighted by molar-refractivity contribution is -0.141. The Morgan fingerprint density at radius 1 is 1.07 bits per heavy atom. The Balaban J connectivity index is 1.83. The van der Waals surface area contributed by atoms with Gasteiger partial charge in [0.1, 0.15) is 5.78 Å². The van der Waals surface area contributed by atoms with Gasteiger partial charge in [-0.25, -0.2) is 4.79 Å². The number of imide groups is 1. The van der Waals surface area contributed by atoms with Crippen LogP contribution in [0.2, 0.25) is 0 Å². The summed E-state index contributed by atoms with van der Waals surface area (Å²) in [6.45, 7) is 6.19. The van der Waals surface area contributed by atoms with Crippen LogP contribution in [-0.4, -0.2) is 35.6 Å². The highest BCUT2D eigenvalue weighted by atomic mass is 16.5. The van der Waals surface area contributed by atoms with Crippen LogP contribution in [0.4, 0.5) is 0 Å². The SMILES string of the molecule is COC(=O)c1ccc(CN2C(=O)[C@H]3CC(=O)CC(C(C)(C)C)[C@H]3C2=O)cc1. The third kappa shape index (κ3) is 3.53. The summed E-state index contributed by atoms with van der Waals surface area (Å²) in [5.74, 6) is -1.93. The second-order valence-corrected chi connectivity index (χ2v) is 8.50. The molecule has 2 amide bonds. The van der Waals surface area contributed by atoms with Gasteiger partial charge in [-0.15, -0.1) is 0 Å². The molecule has 2 fully saturated rings. The van der Waals surface area contributed by atoms with E-state index in [0.717, 1.165) is 5.56 Å². The van der Waals surface area contributed by atoms with Crippen molar-refractivity contribution in [3.8, 4) is 0 Å². The fraction of sp³-hybridized carbons (Fsp3) is 0.524. The lowest BCUT2D eigenvalue weighted by atomic mass is 9.63. The molecule has 27 heavy (non-hydrogen) atoms. The highest BCUT2D eigenvalue weighted by Gasteiger charge is 2.56. The largest absolute Gasteiger partial charge is 0.465 e. The van der Waals surface area contributed by atoms with Gasteiger partial charge in [-0.1, -0.05) is 32.9 Å². The number of hydrogen-bond donors (Lipinski definition) is 0. The molecule has 2 aliphatic rings. The number of hydrogen-bond acceptors (Lipinski definition) is 5. The standard InChI is InChI=1S/C21H25NO5/c1-21(2,3)16-10-14(23)9-15-17(16)19(25)22(18(15)24)11-12-5-7-13(8-6-12)20(26)27-4/h5-8,15-17H,9-11H2,1-4H3/t15-,16?,17-/m0/s1. The van der Waals surface area contributed by atoms with Crippen molar-refractivity contribution in [2.24, 2.45) is 23.2 Å². The minimum atomic E-state index is -0.544. The first-order valence-corrected chi connectivity index (χ1v) is 9.17. The summed E-state index contributed by atoms with van der Waals surface area (Å²) in [5, 5.41) is 0. The van der Waals surface area contributed by atoms with Crippen LogP contribution >= 0.6 is 0 Å². The predicted molar refractivity (Wildman–Crippen MR) is 97.5 cm³/mol. The average Bonchev–Trinajstić information content (AvgIpc) is 2.85. The molecule has 1 heterocycles. The van der Waals surface area contributed by atoms with Crippen molar-refractivity contribution >= 4 is 23.6 Å². The Hall–Kier alpha value is -2.50. The number of likely N-dealkylation sites (tertiary alicyclic amines) is 1. The molecule has 6 heteroatoms. The highest BCUT2D eigenvalue weighted by Crippen LogP contribution is 2.47. The van der Waals surface area contributed by atoms with Crippen molar-refractivity contribution in [1.82, 2.24) is 4.90 Å². The van der Waals surface area contributed by atoms with Gasteiger partial charge in [0.25, 0.3) is 0 Å². The van der Waals surface area contributed by atoms with E-state index in [4.69, 9.17) is 0 Å². The van der Waals surface area contributed by atoms with Crippen LogP contribution in [0.5, 0.6) is 0 Å². The summed E-state index contributed by atoms with van der Waals surface area (Å²) < 4.78 is 4.67. The molecule has 0 spiro atoms. The van der Waals surface area contributed by atoms with Crippen LogP contribution in [0.3, 0.4) is 0 Å². The van der Waals surface area contributed by atoms with Crippen molar-refractivity contribution in [2.45, 2.75) is 40.2 Å². The maximum Gasteiger partial charge on any atom is 0.337 e. The summed E-state index contributed by atoms with van der Waals surface area (Å²) in [7, 11) is 1.31. The lowest BCUT2D eigenvalue weighted by Gasteiger charge is -2.38. The molecule has 0 bridgehead atoms. The van der Waals surface area contributed by atoms with Crippen LogP contribution in [0, 0.1) is 23.2 Å². The van der Waals surface area contributed by atoms with Crippen molar-refractivity contribution < 1.29 is 23.9 Å². The van der Waals surface area contributed by atoms with Crippen LogP contribution in [0.25, 0.3) is 0 Å². The summed E-state index contributed by atoms with van der Waals surface area (Å²) >= 11 is 0. The molecule has 6 nitrogen and oxygen atoms in total. The number of methoxy groups -OCH3 is 1. The van der Waals surface area contributed by atoms with E-state index in [9.17, 15) is 19.2 Å². The fourth-order valence-electron chi connectivity index (χ4n) is 4.23. The number of nitrogens with zero attached hydrogens (tertiary/aromatic N) is 1. The molecule has 1 aliphatic carbocycles. The monoisotopic (exact) mass is 371 g/mol. The third-order valence-electron chi connectivity index (χ3n) is 5.72. The van der Waals surface area contributed by atoms with Gasteiger partial charge < -0.3 is 4.74 Å². The van der Waals surface area contributed by atoms with Gasteiger partial charge in [-0.05, 0) is 29.0 Å². The molecule has 1 saturated heterocycles. The number of ketones is 1. The number of fused-ring (bicyclic) bond motifs is 1. The molecule has 0 radical (unpaired) electrons. The Bertz CT molecular complexity index is 790. The summed E-state index contributed by atoms with van der Waals surface area (Å²) in [5.41, 5.74) is 0.932. The normalized spacial score (nSPS) is 25.6. The van der Waals surface area contributed by atoms with Crippen LogP contribution in [-0.2, 0) is 25.7 Å². The average molecular weight is 371 g/mol. The number of amides is 2. The van der Waals surface area contributed by atoms with Crippen LogP contribution in [0.15, 0.2) is 24.3 Å².